The van der Waals surface area contributed by atoms with Crippen molar-refractivity contribution in [1.82, 2.24) is 15.3 Å². The van der Waals surface area contributed by atoms with Gasteiger partial charge < -0.3 is 10.2 Å². The minimum atomic E-state index is -0.0608. The van der Waals surface area contributed by atoms with Crippen molar-refractivity contribution in [1.29, 1.82) is 0 Å². The maximum absolute atomic E-state index is 12.4. The largest absolute Gasteiger partial charge is 0.346 e. The number of rotatable bonds is 4. The summed E-state index contributed by atoms with van der Waals surface area (Å²) in [6, 6.07) is 7.77. The van der Waals surface area contributed by atoms with Crippen LogP contribution in [0.5, 0.6) is 0 Å². The van der Waals surface area contributed by atoms with Gasteiger partial charge in [0.2, 0.25) is 5.95 Å². The first-order valence-corrected chi connectivity index (χ1v) is 8.56. The number of benzene rings is 1. The zero-order valence-electron chi connectivity index (χ0n) is 14.4. The Hall–Kier alpha value is -2.43. The lowest BCUT2D eigenvalue weighted by molar-refractivity contribution is 0.0949. The summed E-state index contributed by atoms with van der Waals surface area (Å²) in [4.78, 5) is 23.6. The fraction of sp³-hybridized carbons (Fsp3) is 0.421. The maximum atomic E-state index is 12.4. The normalized spacial score (nSPS) is 14.5. The Bertz CT molecular complexity index is 723. The highest BCUT2D eigenvalue weighted by atomic mass is 16.1. The van der Waals surface area contributed by atoms with E-state index in [2.05, 4.69) is 20.2 Å². The van der Waals surface area contributed by atoms with Crippen LogP contribution in [0.25, 0.3) is 0 Å². The van der Waals surface area contributed by atoms with Crippen LogP contribution in [0.3, 0.4) is 0 Å². The van der Waals surface area contributed by atoms with Crippen molar-refractivity contribution in [2.24, 2.45) is 0 Å². The Labute approximate surface area is 143 Å². The summed E-state index contributed by atoms with van der Waals surface area (Å²) >= 11 is 0. The van der Waals surface area contributed by atoms with Crippen LogP contribution in [-0.4, -0.2) is 29.0 Å². The number of amides is 1. The second-order valence-corrected chi connectivity index (χ2v) is 6.40. The van der Waals surface area contributed by atoms with Gasteiger partial charge in [-0.25, -0.2) is 9.97 Å². The van der Waals surface area contributed by atoms with Gasteiger partial charge in [-0.2, -0.15) is 0 Å². The quantitative estimate of drug-likeness (QED) is 0.939. The molecule has 5 nitrogen and oxygen atoms in total. The molecule has 0 atom stereocenters. The summed E-state index contributed by atoms with van der Waals surface area (Å²) in [6.45, 7) is 6.38. The Morgan fingerprint density at radius 3 is 2.75 bits per heavy atom. The number of aromatic nitrogens is 2. The second kappa shape index (κ2) is 7.43. The van der Waals surface area contributed by atoms with E-state index < -0.39 is 0 Å². The predicted molar refractivity (Wildman–Crippen MR) is 95.2 cm³/mol. The molecule has 0 radical (unpaired) electrons. The Kier molecular flexibility index (Phi) is 5.08. The van der Waals surface area contributed by atoms with E-state index in [1.165, 1.54) is 19.3 Å². The monoisotopic (exact) mass is 324 g/mol. The van der Waals surface area contributed by atoms with E-state index in [0.29, 0.717) is 6.54 Å². The molecule has 1 aliphatic heterocycles. The molecule has 2 aromatic rings. The zero-order chi connectivity index (χ0) is 16.9. The van der Waals surface area contributed by atoms with Gasteiger partial charge in [-0.3, -0.25) is 4.79 Å². The molecule has 2 heterocycles. The molecule has 1 N–H and O–H groups in total. The summed E-state index contributed by atoms with van der Waals surface area (Å²) in [5, 5.41) is 2.97. The molecule has 126 valence electrons. The number of anilines is 1. The minimum absolute atomic E-state index is 0.0608. The average Bonchev–Trinajstić information content (AvgIpc) is 2.63. The lowest BCUT2D eigenvalue weighted by Gasteiger charge is -2.26. The SMILES string of the molecule is Cc1ccc(C)c(C(=O)NCc2ccnc(N3CCCCC3)n2)c1. The molecule has 0 unspecified atom stereocenters. The van der Waals surface area contributed by atoms with Crippen molar-refractivity contribution in [2.45, 2.75) is 39.7 Å². The smallest absolute Gasteiger partial charge is 0.251 e. The third-order valence-electron chi connectivity index (χ3n) is 4.41. The van der Waals surface area contributed by atoms with Crippen LogP contribution in [-0.2, 0) is 6.54 Å². The van der Waals surface area contributed by atoms with Gasteiger partial charge in [-0.1, -0.05) is 17.7 Å². The molecular formula is C19H24N4O. The van der Waals surface area contributed by atoms with Crippen molar-refractivity contribution >= 4 is 11.9 Å². The van der Waals surface area contributed by atoms with Gasteiger partial charge in [0, 0.05) is 24.8 Å². The van der Waals surface area contributed by atoms with Crippen LogP contribution in [0.4, 0.5) is 5.95 Å². The minimum Gasteiger partial charge on any atom is -0.346 e. The number of aryl methyl sites for hydroxylation is 2. The van der Waals surface area contributed by atoms with E-state index >= 15 is 0 Å². The van der Waals surface area contributed by atoms with E-state index in [1.54, 1.807) is 6.20 Å². The predicted octanol–water partition coefficient (Wildman–Crippen LogP) is 3.01. The van der Waals surface area contributed by atoms with E-state index in [0.717, 1.165) is 41.4 Å². The number of carbonyl (C=O) groups is 1. The second-order valence-electron chi connectivity index (χ2n) is 6.40. The number of carbonyl (C=O) groups excluding carboxylic acids is 1. The van der Waals surface area contributed by atoms with Crippen LogP contribution in [0, 0.1) is 13.8 Å². The summed E-state index contributed by atoms with van der Waals surface area (Å²) in [6.07, 6.45) is 5.44. The van der Waals surface area contributed by atoms with Crippen LogP contribution < -0.4 is 10.2 Å². The summed E-state index contributed by atoms with van der Waals surface area (Å²) in [5.74, 6) is 0.711. The first-order valence-electron chi connectivity index (χ1n) is 8.56. The fourth-order valence-electron chi connectivity index (χ4n) is 2.98. The van der Waals surface area contributed by atoms with Crippen molar-refractivity contribution in [3.05, 3.63) is 52.8 Å². The third kappa shape index (κ3) is 3.91. The first-order chi connectivity index (χ1) is 11.6. The van der Waals surface area contributed by atoms with Crippen molar-refractivity contribution in [3.8, 4) is 0 Å². The van der Waals surface area contributed by atoms with Crippen LogP contribution in [0.15, 0.2) is 30.5 Å². The lowest BCUT2D eigenvalue weighted by atomic mass is 10.1. The van der Waals surface area contributed by atoms with Crippen molar-refractivity contribution < 1.29 is 4.79 Å². The van der Waals surface area contributed by atoms with Gasteiger partial charge in [0.25, 0.3) is 5.91 Å². The van der Waals surface area contributed by atoms with Gasteiger partial charge in [0.15, 0.2) is 0 Å². The maximum Gasteiger partial charge on any atom is 0.251 e. The van der Waals surface area contributed by atoms with Gasteiger partial charge in [-0.15, -0.1) is 0 Å². The van der Waals surface area contributed by atoms with Crippen molar-refractivity contribution in [2.75, 3.05) is 18.0 Å². The number of nitrogens with one attached hydrogen (secondary N) is 1. The molecule has 3 rings (SSSR count). The fourth-order valence-corrected chi connectivity index (χ4v) is 2.98. The molecule has 1 fully saturated rings. The molecule has 1 aromatic carbocycles. The molecule has 0 bridgehead atoms. The van der Waals surface area contributed by atoms with E-state index in [1.807, 2.05) is 38.1 Å². The highest BCUT2D eigenvalue weighted by Crippen LogP contribution is 2.15. The molecule has 1 amide bonds. The lowest BCUT2D eigenvalue weighted by Crippen LogP contribution is -2.31. The highest BCUT2D eigenvalue weighted by molar-refractivity contribution is 5.95. The molecule has 0 spiro atoms. The third-order valence-corrected chi connectivity index (χ3v) is 4.41. The van der Waals surface area contributed by atoms with Crippen LogP contribution in [0.2, 0.25) is 0 Å². The van der Waals surface area contributed by atoms with E-state index in [9.17, 15) is 4.79 Å². The molecule has 1 aromatic heterocycles. The molecule has 1 aliphatic rings. The Morgan fingerprint density at radius 1 is 1.17 bits per heavy atom. The van der Waals surface area contributed by atoms with Crippen LogP contribution in [0.1, 0.15) is 46.4 Å². The number of hydrogen-bond acceptors (Lipinski definition) is 4. The first kappa shape index (κ1) is 16.4. The Balaban J connectivity index is 1.66. The summed E-state index contributed by atoms with van der Waals surface area (Å²) < 4.78 is 0. The molecule has 5 heteroatoms. The number of nitrogens with zero attached hydrogens (tertiary/aromatic N) is 3. The number of hydrogen-bond donors (Lipinski definition) is 1. The summed E-state index contributed by atoms with van der Waals surface area (Å²) in [7, 11) is 0. The van der Waals surface area contributed by atoms with Gasteiger partial charge in [0.1, 0.15) is 0 Å². The molecule has 24 heavy (non-hydrogen) atoms. The molecular weight excluding hydrogens is 300 g/mol. The summed E-state index contributed by atoms with van der Waals surface area (Å²) in [5.41, 5.74) is 3.62. The van der Waals surface area contributed by atoms with E-state index in [4.69, 9.17) is 0 Å². The van der Waals surface area contributed by atoms with Gasteiger partial charge in [-0.05, 0) is 50.8 Å². The topological polar surface area (TPSA) is 58.1 Å². The van der Waals surface area contributed by atoms with Gasteiger partial charge >= 0.3 is 0 Å². The number of piperidine rings is 1. The Morgan fingerprint density at radius 2 is 1.96 bits per heavy atom. The highest BCUT2D eigenvalue weighted by Gasteiger charge is 2.14. The van der Waals surface area contributed by atoms with Crippen molar-refractivity contribution in [3.63, 3.8) is 0 Å². The standard InChI is InChI=1S/C19H24N4O/c1-14-6-7-15(2)17(12-14)18(24)21-13-16-8-9-20-19(22-16)23-10-4-3-5-11-23/h6-9,12H,3-5,10-11,13H2,1-2H3,(H,21,24). The van der Waals surface area contributed by atoms with Crippen LogP contribution >= 0.6 is 0 Å². The van der Waals surface area contributed by atoms with E-state index in [-0.39, 0.29) is 5.91 Å². The molecule has 1 saturated heterocycles. The molecule has 0 aliphatic carbocycles. The average molecular weight is 324 g/mol. The van der Waals surface area contributed by atoms with Gasteiger partial charge in [0.05, 0.1) is 12.2 Å². The molecule has 0 saturated carbocycles. The zero-order valence-corrected chi connectivity index (χ0v) is 14.4.